The zero-order valence-corrected chi connectivity index (χ0v) is 9.41. The van der Waals surface area contributed by atoms with E-state index in [0.29, 0.717) is 5.58 Å². The van der Waals surface area contributed by atoms with Crippen molar-refractivity contribution in [3.8, 4) is 0 Å². The molecule has 1 aromatic carbocycles. The van der Waals surface area contributed by atoms with Crippen molar-refractivity contribution < 1.29 is 14.3 Å². The molecule has 0 fully saturated rings. The second-order valence-electron chi connectivity index (χ2n) is 3.66. The van der Waals surface area contributed by atoms with Crippen LogP contribution in [0.1, 0.15) is 24.8 Å². The predicted octanol–water partition coefficient (Wildman–Crippen LogP) is 2.43. The van der Waals surface area contributed by atoms with Crippen LogP contribution in [0.5, 0.6) is 0 Å². The van der Waals surface area contributed by atoms with Gasteiger partial charge in [0.1, 0.15) is 5.58 Å². The molecule has 0 aliphatic heterocycles. The molecule has 0 spiro atoms. The van der Waals surface area contributed by atoms with Gasteiger partial charge in [0.25, 0.3) is 0 Å². The van der Waals surface area contributed by atoms with Gasteiger partial charge in [-0.15, -0.1) is 0 Å². The van der Waals surface area contributed by atoms with E-state index in [0.717, 1.165) is 21.6 Å². The Bertz CT molecular complexity index is 581. The summed E-state index contributed by atoms with van der Waals surface area (Å²) in [7, 11) is 0. The fourth-order valence-electron chi connectivity index (χ4n) is 1.58. The van der Waals surface area contributed by atoms with Gasteiger partial charge in [-0.1, -0.05) is 24.3 Å². The van der Waals surface area contributed by atoms with Gasteiger partial charge in [0, 0.05) is 0 Å². The van der Waals surface area contributed by atoms with E-state index in [1.807, 2.05) is 13.0 Å². The average molecular weight is 238 g/mol. The Kier molecular flexibility index (Phi) is 2.78. The van der Waals surface area contributed by atoms with Crippen LogP contribution in [-0.2, 0) is 4.79 Å². The summed E-state index contributed by atoms with van der Waals surface area (Å²) in [4.78, 5) is 21.2. The van der Waals surface area contributed by atoms with Crippen molar-refractivity contribution in [2.24, 2.45) is 0 Å². The van der Waals surface area contributed by atoms with Crippen LogP contribution < -0.4 is 4.94 Å². The highest BCUT2D eigenvalue weighted by molar-refractivity contribution is 7.16. The summed E-state index contributed by atoms with van der Waals surface area (Å²) in [5.74, 6) is -0.925. The topological polar surface area (TPSA) is 67.5 Å². The average Bonchev–Trinajstić information content (AvgIpc) is 2.55. The highest BCUT2D eigenvalue weighted by Gasteiger charge is 2.12. The molecule has 0 amide bonds. The minimum absolute atomic E-state index is 0.0693. The van der Waals surface area contributed by atoms with E-state index in [2.05, 4.69) is 0 Å². The molecule has 1 aromatic heterocycles. The van der Waals surface area contributed by atoms with Crippen LogP contribution in [0.2, 0.25) is 0 Å². The van der Waals surface area contributed by atoms with Crippen molar-refractivity contribution in [1.29, 1.82) is 0 Å². The van der Waals surface area contributed by atoms with E-state index in [-0.39, 0.29) is 17.3 Å². The normalized spacial score (nSPS) is 12.8. The van der Waals surface area contributed by atoms with Gasteiger partial charge in [0.2, 0.25) is 0 Å². The monoisotopic (exact) mass is 238 g/mol. The van der Waals surface area contributed by atoms with Gasteiger partial charge in [0.05, 0.1) is 11.1 Å². The van der Waals surface area contributed by atoms with Crippen LogP contribution in [0.25, 0.3) is 10.3 Å². The largest absolute Gasteiger partial charge is 0.481 e. The number of fused-ring (bicyclic) bond motifs is 1. The summed E-state index contributed by atoms with van der Waals surface area (Å²) in [5.41, 5.74) is 1.40. The van der Waals surface area contributed by atoms with Crippen LogP contribution >= 0.6 is 11.3 Å². The van der Waals surface area contributed by atoms with Crippen molar-refractivity contribution in [3.05, 3.63) is 33.5 Å². The van der Waals surface area contributed by atoms with E-state index in [4.69, 9.17) is 9.52 Å². The lowest BCUT2D eigenvalue weighted by molar-refractivity contribution is -0.137. The van der Waals surface area contributed by atoms with Gasteiger partial charge < -0.3 is 9.52 Å². The maximum absolute atomic E-state index is 11.0. The smallest absolute Gasteiger partial charge is 0.396 e. The SMILES string of the molecule is CC(CC(=O)O)c1ccc2sc(=O)oc2c1. The molecule has 4 nitrogen and oxygen atoms in total. The maximum Gasteiger partial charge on any atom is 0.396 e. The zero-order valence-electron chi connectivity index (χ0n) is 8.60. The standard InChI is InChI=1S/C11H10O4S/c1-6(4-10(12)13)7-2-3-9-8(5-7)15-11(14)16-9/h2-3,5-6H,4H2,1H3,(H,12,13). The number of carboxylic acid groups (broad SMARTS) is 1. The number of hydrogen-bond donors (Lipinski definition) is 1. The van der Waals surface area contributed by atoms with Crippen molar-refractivity contribution in [2.75, 3.05) is 0 Å². The summed E-state index contributed by atoms with van der Waals surface area (Å²) >= 11 is 1.05. The molecule has 0 saturated heterocycles. The van der Waals surface area contributed by atoms with Gasteiger partial charge in [-0.2, -0.15) is 0 Å². The van der Waals surface area contributed by atoms with E-state index >= 15 is 0 Å². The Morgan fingerprint density at radius 3 is 3.00 bits per heavy atom. The molecule has 1 N–H and O–H groups in total. The molecule has 2 rings (SSSR count). The number of carboxylic acids is 1. The summed E-state index contributed by atoms with van der Waals surface area (Å²) in [6.07, 6.45) is 0.0693. The molecule has 2 aromatic rings. The third-order valence-corrected chi connectivity index (χ3v) is 3.21. The number of rotatable bonds is 3. The fraction of sp³-hybridized carbons (Fsp3) is 0.273. The van der Waals surface area contributed by atoms with Crippen LogP contribution in [0, 0.1) is 0 Å². The third-order valence-electron chi connectivity index (χ3n) is 2.40. The van der Waals surface area contributed by atoms with Gasteiger partial charge in [-0.05, 0) is 23.6 Å². The molecule has 0 aliphatic carbocycles. The Morgan fingerprint density at radius 2 is 2.31 bits per heavy atom. The molecular weight excluding hydrogens is 228 g/mol. The molecule has 16 heavy (non-hydrogen) atoms. The predicted molar refractivity (Wildman–Crippen MR) is 61.0 cm³/mol. The molecule has 1 heterocycles. The first-order valence-electron chi connectivity index (χ1n) is 4.81. The molecule has 5 heteroatoms. The summed E-state index contributed by atoms with van der Waals surface area (Å²) in [6, 6.07) is 5.36. The molecule has 84 valence electrons. The molecule has 0 radical (unpaired) electrons. The van der Waals surface area contributed by atoms with E-state index in [1.54, 1.807) is 12.1 Å². The molecule has 0 bridgehead atoms. The lowest BCUT2D eigenvalue weighted by Gasteiger charge is -2.07. The van der Waals surface area contributed by atoms with Gasteiger partial charge in [-0.25, -0.2) is 4.79 Å². The summed E-state index contributed by atoms with van der Waals surface area (Å²) in [6.45, 7) is 1.83. The Hall–Kier alpha value is -1.62. The van der Waals surface area contributed by atoms with Gasteiger partial charge >= 0.3 is 10.9 Å². The van der Waals surface area contributed by atoms with Crippen molar-refractivity contribution in [1.82, 2.24) is 0 Å². The number of hydrogen-bond acceptors (Lipinski definition) is 4. The molecule has 0 saturated carbocycles. The van der Waals surface area contributed by atoms with Crippen LogP contribution in [0.15, 0.2) is 27.4 Å². The van der Waals surface area contributed by atoms with Crippen LogP contribution in [0.3, 0.4) is 0 Å². The summed E-state index contributed by atoms with van der Waals surface area (Å²) in [5, 5.41) is 8.69. The highest BCUT2D eigenvalue weighted by atomic mass is 32.1. The molecular formula is C11H10O4S. The van der Waals surface area contributed by atoms with Crippen molar-refractivity contribution in [2.45, 2.75) is 19.3 Å². The number of aliphatic carboxylic acids is 1. The third kappa shape index (κ3) is 2.14. The maximum atomic E-state index is 11.0. The van der Waals surface area contributed by atoms with Crippen molar-refractivity contribution in [3.63, 3.8) is 0 Å². The Labute approximate surface area is 95.1 Å². The van der Waals surface area contributed by atoms with E-state index in [1.165, 1.54) is 0 Å². The lowest BCUT2D eigenvalue weighted by Crippen LogP contribution is -2.02. The first kappa shape index (κ1) is 10.9. The van der Waals surface area contributed by atoms with E-state index in [9.17, 15) is 9.59 Å². The zero-order chi connectivity index (χ0) is 11.7. The molecule has 1 atom stereocenters. The first-order chi connectivity index (χ1) is 7.56. The number of benzene rings is 1. The minimum atomic E-state index is -0.834. The minimum Gasteiger partial charge on any atom is -0.481 e. The highest BCUT2D eigenvalue weighted by Crippen LogP contribution is 2.24. The Balaban J connectivity index is 2.38. The molecule has 1 unspecified atom stereocenters. The summed E-state index contributed by atoms with van der Waals surface area (Å²) < 4.78 is 5.77. The van der Waals surface area contributed by atoms with Crippen molar-refractivity contribution >= 4 is 27.6 Å². The van der Waals surface area contributed by atoms with Crippen LogP contribution in [-0.4, -0.2) is 11.1 Å². The van der Waals surface area contributed by atoms with Crippen LogP contribution in [0.4, 0.5) is 0 Å². The second-order valence-corrected chi connectivity index (χ2v) is 4.64. The quantitative estimate of drug-likeness (QED) is 0.891. The van der Waals surface area contributed by atoms with Gasteiger partial charge in [0.15, 0.2) is 0 Å². The fourth-order valence-corrected chi connectivity index (χ4v) is 2.22. The first-order valence-corrected chi connectivity index (χ1v) is 5.63. The number of carbonyl (C=O) groups is 1. The Morgan fingerprint density at radius 1 is 1.56 bits per heavy atom. The van der Waals surface area contributed by atoms with E-state index < -0.39 is 5.97 Å². The second kappa shape index (κ2) is 4.09. The van der Waals surface area contributed by atoms with Gasteiger partial charge in [-0.3, -0.25) is 4.79 Å². The lowest BCUT2D eigenvalue weighted by atomic mass is 9.98. The molecule has 0 aliphatic rings.